The number of aromatic nitrogens is 1. The third-order valence-electron chi connectivity index (χ3n) is 4.72. The number of anilines is 1. The molecule has 2 unspecified atom stereocenters. The summed E-state index contributed by atoms with van der Waals surface area (Å²) in [6.07, 6.45) is 2.39. The maximum atomic E-state index is 5.81. The van der Waals surface area contributed by atoms with Crippen molar-refractivity contribution < 1.29 is 4.74 Å². The first-order chi connectivity index (χ1) is 14.6. The quantitative estimate of drug-likeness (QED) is 0.168. The smallest absolute Gasteiger partial charge is 0.191 e. The lowest BCUT2D eigenvalue weighted by Gasteiger charge is -2.36. The third-order valence-corrected chi connectivity index (χ3v) is 5.74. The van der Waals surface area contributed by atoms with Crippen molar-refractivity contribution in [2.24, 2.45) is 4.99 Å². The lowest BCUT2D eigenvalue weighted by molar-refractivity contribution is -0.00545. The van der Waals surface area contributed by atoms with Gasteiger partial charge in [0, 0.05) is 43.0 Å². The molecule has 0 bridgehead atoms. The Balaban J connectivity index is 0.00000341. The predicted molar refractivity (Wildman–Crippen MR) is 142 cm³/mol. The van der Waals surface area contributed by atoms with Crippen molar-refractivity contribution in [2.45, 2.75) is 44.4 Å². The lowest BCUT2D eigenvalue weighted by atomic mass is 10.2. The number of nitrogens with one attached hydrogen (secondary N) is 2. The molecule has 0 amide bonds. The molecule has 2 atom stereocenters. The van der Waals surface area contributed by atoms with Crippen molar-refractivity contribution in [3.05, 3.63) is 54.2 Å². The highest BCUT2D eigenvalue weighted by molar-refractivity contribution is 14.0. The molecule has 1 aromatic heterocycles. The van der Waals surface area contributed by atoms with Crippen molar-refractivity contribution in [3.63, 3.8) is 0 Å². The number of pyridine rings is 1. The summed E-state index contributed by atoms with van der Waals surface area (Å²) in [5.74, 6) is 2.83. The van der Waals surface area contributed by atoms with Gasteiger partial charge >= 0.3 is 0 Å². The molecule has 170 valence electrons. The highest BCUT2D eigenvalue weighted by Crippen LogP contribution is 2.19. The number of nitrogens with zero attached hydrogens (tertiary/aromatic N) is 3. The van der Waals surface area contributed by atoms with E-state index < -0.39 is 0 Å². The van der Waals surface area contributed by atoms with E-state index in [1.54, 1.807) is 0 Å². The maximum Gasteiger partial charge on any atom is 0.191 e. The summed E-state index contributed by atoms with van der Waals surface area (Å²) in [5, 5.41) is 6.72. The maximum absolute atomic E-state index is 5.81. The minimum Gasteiger partial charge on any atom is -0.372 e. The standard InChI is InChI=1S/C23H33N5OS.HI/c1-4-24-23(25-12-13-30-21-8-6-5-7-9-21)27-15-20-10-11-22(26-14-20)28-16-18(2)29-19(3)17-28;/h5-11,14,18-19H,4,12-13,15-17H2,1-3H3,(H2,24,25,27);1H. The van der Waals surface area contributed by atoms with Gasteiger partial charge in [-0.25, -0.2) is 9.98 Å². The molecule has 1 saturated heterocycles. The monoisotopic (exact) mass is 555 g/mol. The van der Waals surface area contributed by atoms with Gasteiger partial charge in [0.2, 0.25) is 0 Å². The van der Waals surface area contributed by atoms with Crippen LogP contribution in [-0.4, -0.2) is 55.1 Å². The van der Waals surface area contributed by atoms with Crippen molar-refractivity contribution in [1.29, 1.82) is 0 Å². The van der Waals surface area contributed by atoms with E-state index in [4.69, 9.17) is 9.73 Å². The minimum atomic E-state index is 0. The van der Waals surface area contributed by atoms with Crippen molar-refractivity contribution in [2.75, 3.05) is 36.8 Å². The number of morpholine rings is 1. The average molecular weight is 556 g/mol. The number of rotatable bonds is 8. The topological polar surface area (TPSA) is 61.8 Å². The summed E-state index contributed by atoms with van der Waals surface area (Å²) in [4.78, 5) is 12.9. The Labute approximate surface area is 207 Å². The van der Waals surface area contributed by atoms with E-state index >= 15 is 0 Å². The van der Waals surface area contributed by atoms with E-state index in [2.05, 4.69) is 77.7 Å². The minimum absolute atomic E-state index is 0. The van der Waals surface area contributed by atoms with Crippen LogP contribution in [0, 0.1) is 0 Å². The fraction of sp³-hybridized carbons (Fsp3) is 0.478. The summed E-state index contributed by atoms with van der Waals surface area (Å²) in [5.41, 5.74) is 1.10. The Morgan fingerprint density at radius 3 is 2.52 bits per heavy atom. The molecule has 6 nitrogen and oxygen atoms in total. The van der Waals surface area contributed by atoms with Crippen molar-refractivity contribution in [1.82, 2.24) is 15.6 Å². The summed E-state index contributed by atoms with van der Waals surface area (Å²) in [6.45, 7) is 10.4. The van der Waals surface area contributed by atoms with Gasteiger partial charge < -0.3 is 20.3 Å². The highest BCUT2D eigenvalue weighted by Gasteiger charge is 2.22. The van der Waals surface area contributed by atoms with Gasteiger partial charge in [0.15, 0.2) is 5.96 Å². The van der Waals surface area contributed by atoms with Crippen molar-refractivity contribution >= 4 is 47.5 Å². The Hall–Kier alpha value is -1.52. The van der Waals surface area contributed by atoms with E-state index in [0.29, 0.717) is 6.54 Å². The molecule has 31 heavy (non-hydrogen) atoms. The number of ether oxygens (including phenoxy) is 1. The molecule has 2 aromatic rings. The molecule has 8 heteroatoms. The fourth-order valence-electron chi connectivity index (χ4n) is 3.43. The molecular formula is C23H34IN5OS. The van der Waals surface area contributed by atoms with Gasteiger partial charge in [-0.15, -0.1) is 35.7 Å². The van der Waals surface area contributed by atoms with E-state index in [1.165, 1.54) is 4.90 Å². The van der Waals surface area contributed by atoms with Crippen LogP contribution in [0.2, 0.25) is 0 Å². The van der Waals surface area contributed by atoms with Crippen LogP contribution in [0.1, 0.15) is 26.3 Å². The Morgan fingerprint density at radius 1 is 1.13 bits per heavy atom. The summed E-state index contributed by atoms with van der Waals surface area (Å²) in [6, 6.07) is 14.7. The highest BCUT2D eigenvalue weighted by atomic mass is 127. The molecule has 0 radical (unpaired) electrons. The molecule has 1 aliphatic heterocycles. The van der Waals surface area contributed by atoms with Crippen LogP contribution in [0.25, 0.3) is 0 Å². The molecule has 0 aliphatic carbocycles. The van der Waals surface area contributed by atoms with Crippen molar-refractivity contribution in [3.8, 4) is 0 Å². The molecule has 3 rings (SSSR count). The second-order valence-corrected chi connectivity index (χ2v) is 8.64. The number of guanidine groups is 1. The van der Waals surface area contributed by atoms with Gasteiger partial charge in [0.25, 0.3) is 0 Å². The predicted octanol–water partition coefficient (Wildman–Crippen LogP) is 4.16. The van der Waals surface area contributed by atoms with E-state index in [0.717, 1.165) is 49.3 Å². The van der Waals surface area contributed by atoms with Crippen LogP contribution in [0.4, 0.5) is 5.82 Å². The Morgan fingerprint density at radius 2 is 1.87 bits per heavy atom. The number of halogens is 1. The second kappa shape index (κ2) is 13.8. The zero-order chi connectivity index (χ0) is 21.2. The molecule has 1 fully saturated rings. The summed E-state index contributed by atoms with van der Waals surface area (Å²) < 4.78 is 5.81. The van der Waals surface area contributed by atoms with Crippen LogP contribution < -0.4 is 15.5 Å². The molecular weight excluding hydrogens is 521 g/mol. The summed E-state index contributed by atoms with van der Waals surface area (Å²) in [7, 11) is 0. The van der Waals surface area contributed by atoms with Gasteiger partial charge in [-0.2, -0.15) is 0 Å². The van der Waals surface area contributed by atoms with Crippen LogP contribution in [-0.2, 0) is 11.3 Å². The zero-order valence-corrected chi connectivity index (χ0v) is 21.7. The molecule has 0 saturated carbocycles. The van der Waals surface area contributed by atoms with Crippen LogP contribution in [0.3, 0.4) is 0 Å². The van der Waals surface area contributed by atoms with Gasteiger partial charge in [0.1, 0.15) is 5.82 Å². The number of benzene rings is 1. The molecule has 1 aliphatic rings. The molecule has 1 aromatic carbocycles. The van der Waals surface area contributed by atoms with Crippen LogP contribution in [0.15, 0.2) is 58.5 Å². The van der Waals surface area contributed by atoms with E-state index in [1.807, 2.05) is 24.0 Å². The Kier molecular flexibility index (Phi) is 11.5. The molecule has 0 spiro atoms. The third kappa shape index (κ3) is 8.86. The van der Waals surface area contributed by atoms with Gasteiger partial charge in [0.05, 0.1) is 18.8 Å². The van der Waals surface area contributed by atoms with E-state index in [-0.39, 0.29) is 36.2 Å². The SMILES string of the molecule is CCNC(=NCc1ccc(N2CC(C)OC(C)C2)nc1)NCCSc1ccccc1.I. The summed E-state index contributed by atoms with van der Waals surface area (Å²) >= 11 is 1.84. The normalized spacial score (nSPS) is 18.9. The van der Waals surface area contributed by atoms with Gasteiger partial charge in [-0.1, -0.05) is 24.3 Å². The van der Waals surface area contributed by atoms with Gasteiger partial charge in [-0.3, -0.25) is 0 Å². The van der Waals surface area contributed by atoms with Gasteiger partial charge in [-0.05, 0) is 44.5 Å². The first-order valence-corrected chi connectivity index (χ1v) is 11.7. The first-order valence-electron chi connectivity index (χ1n) is 10.7. The van der Waals surface area contributed by atoms with E-state index in [9.17, 15) is 0 Å². The second-order valence-electron chi connectivity index (χ2n) is 7.47. The van der Waals surface area contributed by atoms with Crippen LogP contribution in [0.5, 0.6) is 0 Å². The number of thioether (sulfide) groups is 1. The largest absolute Gasteiger partial charge is 0.372 e. The fourth-order valence-corrected chi connectivity index (χ4v) is 4.22. The average Bonchev–Trinajstić information content (AvgIpc) is 2.75. The van der Waals surface area contributed by atoms with Crippen LogP contribution >= 0.6 is 35.7 Å². The molecule has 2 heterocycles. The number of aliphatic imine (C=N–C) groups is 1. The zero-order valence-electron chi connectivity index (χ0n) is 18.6. The lowest BCUT2D eigenvalue weighted by Crippen LogP contribution is -2.45. The number of hydrogen-bond acceptors (Lipinski definition) is 5. The Bertz CT molecular complexity index is 780. The first kappa shape index (κ1) is 25.7. The molecule has 2 N–H and O–H groups in total. The number of hydrogen-bond donors (Lipinski definition) is 2.